The van der Waals surface area contributed by atoms with E-state index in [0.29, 0.717) is 12.3 Å². The molecule has 0 unspecified atom stereocenters. The van der Waals surface area contributed by atoms with E-state index in [9.17, 15) is 16.8 Å². The van der Waals surface area contributed by atoms with Crippen LogP contribution in [0.5, 0.6) is 0 Å². The molecule has 118 valence electrons. The van der Waals surface area contributed by atoms with Crippen molar-refractivity contribution in [1.82, 2.24) is 4.72 Å². The first-order valence-corrected chi connectivity index (χ1v) is 9.83. The standard InChI is InChI=1S/C12H18N2O5S2/c1-20(15,16)14-10-4-6-12(7-5-10)21(17,18)13-9-11-3-2-8-19-11/h4-7,11,13-14H,2-3,8-9H2,1H3/t11-/m0/s1. The lowest BCUT2D eigenvalue weighted by molar-refractivity contribution is 0.114. The van der Waals surface area contributed by atoms with Crippen molar-refractivity contribution in [1.29, 1.82) is 0 Å². The molecule has 1 heterocycles. The van der Waals surface area contributed by atoms with Crippen molar-refractivity contribution in [3.8, 4) is 0 Å². The van der Waals surface area contributed by atoms with Gasteiger partial charge in [0, 0.05) is 18.8 Å². The molecular formula is C12H18N2O5S2. The molecule has 21 heavy (non-hydrogen) atoms. The lowest BCUT2D eigenvalue weighted by atomic mass is 10.2. The molecule has 1 aromatic rings. The molecule has 0 bridgehead atoms. The summed E-state index contributed by atoms with van der Waals surface area (Å²) in [6, 6.07) is 5.51. The number of hydrogen-bond donors (Lipinski definition) is 2. The summed E-state index contributed by atoms with van der Waals surface area (Å²) in [5, 5.41) is 0. The maximum atomic E-state index is 12.1. The summed E-state index contributed by atoms with van der Waals surface area (Å²) in [6.45, 7) is 0.907. The average Bonchev–Trinajstić information content (AvgIpc) is 2.88. The summed E-state index contributed by atoms with van der Waals surface area (Å²) >= 11 is 0. The lowest BCUT2D eigenvalue weighted by Crippen LogP contribution is -2.31. The second-order valence-electron chi connectivity index (χ2n) is 4.89. The number of hydrogen-bond acceptors (Lipinski definition) is 5. The Balaban J connectivity index is 2.02. The molecule has 1 aliphatic rings. The van der Waals surface area contributed by atoms with E-state index in [0.717, 1.165) is 19.1 Å². The summed E-state index contributed by atoms with van der Waals surface area (Å²) < 4.78 is 56.4. The molecule has 0 aliphatic carbocycles. The Morgan fingerprint density at radius 1 is 1.19 bits per heavy atom. The molecule has 1 fully saturated rings. The van der Waals surface area contributed by atoms with Gasteiger partial charge in [-0.15, -0.1) is 0 Å². The molecule has 2 N–H and O–H groups in total. The highest BCUT2D eigenvalue weighted by atomic mass is 32.2. The van der Waals surface area contributed by atoms with Crippen LogP contribution in [0.2, 0.25) is 0 Å². The van der Waals surface area contributed by atoms with Crippen LogP contribution in [-0.4, -0.2) is 42.3 Å². The number of ether oxygens (including phenoxy) is 1. The minimum absolute atomic E-state index is 0.0778. The van der Waals surface area contributed by atoms with Gasteiger partial charge in [-0.2, -0.15) is 0 Å². The van der Waals surface area contributed by atoms with Gasteiger partial charge in [0.1, 0.15) is 0 Å². The third-order valence-electron chi connectivity index (χ3n) is 2.99. The van der Waals surface area contributed by atoms with Gasteiger partial charge in [-0.1, -0.05) is 0 Å². The monoisotopic (exact) mass is 334 g/mol. The fraction of sp³-hybridized carbons (Fsp3) is 0.500. The molecule has 2 rings (SSSR count). The van der Waals surface area contributed by atoms with Crippen molar-refractivity contribution in [2.45, 2.75) is 23.8 Å². The molecule has 0 amide bonds. The predicted octanol–water partition coefficient (Wildman–Crippen LogP) is 0.515. The van der Waals surface area contributed by atoms with Crippen LogP contribution in [-0.2, 0) is 24.8 Å². The Morgan fingerprint density at radius 3 is 2.38 bits per heavy atom. The van der Waals surface area contributed by atoms with Crippen LogP contribution in [0.15, 0.2) is 29.2 Å². The van der Waals surface area contributed by atoms with E-state index in [1.807, 2.05) is 0 Å². The topological polar surface area (TPSA) is 102 Å². The molecule has 7 nitrogen and oxygen atoms in total. The fourth-order valence-corrected chi connectivity index (χ4v) is 3.64. The number of sulfonamides is 2. The van der Waals surface area contributed by atoms with Gasteiger partial charge >= 0.3 is 0 Å². The summed E-state index contributed by atoms with van der Waals surface area (Å²) in [4.78, 5) is 0.0829. The molecule has 1 aliphatic heterocycles. The zero-order chi connectivity index (χ0) is 15.5. The van der Waals surface area contributed by atoms with Gasteiger partial charge in [0.15, 0.2) is 0 Å². The van der Waals surface area contributed by atoms with E-state index in [4.69, 9.17) is 4.74 Å². The molecule has 1 saturated heterocycles. The lowest BCUT2D eigenvalue weighted by Gasteiger charge is -2.12. The Labute approximate surface area is 124 Å². The van der Waals surface area contributed by atoms with Gasteiger partial charge in [-0.05, 0) is 37.1 Å². The molecule has 0 spiro atoms. The van der Waals surface area contributed by atoms with Crippen LogP contribution < -0.4 is 9.44 Å². The van der Waals surface area contributed by atoms with Crippen LogP contribution >= 0.6 is 0 Å². The maximum Gasteiger partial charge on any atom is 0.240 e. The van der Waals surface area contributed by atoms with Crippen LogP contribution in [0.4, 0.5) is 5.69 Å². The van der Waals surface area contributed by atoms with Gasteiger partial charge in [0.25, 0.3) is 0 Å². The quantitative estimate of drug-likeness (QED) is 0.789. The van der Waals surface area contributed by atoms with E-state index >= 15 is 0 Å². The molecule has 0 aromatic heterocycles. The largest absolute Gasteiger partial charge is 0.377 e. The highest BCUT2D eigenvalue weighted by molar-refractivity contribution is 7.92. The predicted molar refractivity (Wildman–Crippen MR) is 79.1 cm³/mol. The van der Waals surface area contributed by atoms with Crippen LogP contribution in [0.25, 0.3) is 0 Å². The van der Waals surface area contributed by atoms with Gasteiger partial charge in [0.05, 0.1) is 17.3 Å². The summed E-state index contributed by atoms with van der Waals surface area (Å²) in [6.07, 6.45) is 2.74. The SMILES string of the molecule is CS(=O)(=O)Nc1ccc(S(=O)(=O)NC[C@@H]2CCCO2)cc1. The molecular weight excluding hydrogens is 316 g/mol. The zero-order valence-corrected chi connectivity index (χ0v) is 13.2. The third-order valence-corrected chi connectivity index (χ3v) is 5.04. The summed E-state index contributed by atoms with van der Waals surface area (Å²) in [5.74, 6) is 0. The van der Waals surface area contributed by atoms with Crippen LogP contribution in [0.1, 0.15) is 12.8 Å². The smallest absolute Gasteiger partial charge is 0.240 e. The number of rotatable bonds is 6. The highest BCUT2D eigenvalue weighted by Gasteiger charge is 2.20. The molecule has 1 atom stereocenters. The van der Waals surface area contributed by atoms with E-state index in [1.165, 1.54) is 24.3 Å². The van der Waals surface area contributed by atoms with E-state index < -0.39 is 20.0 Å². The van der Waals surface area contributed by atoms with Gasteiger partial charge < -0.3 is 4.74 Å². The van der Waals surface area contributed by atoms with E-state index in [2.05, 4.69) is 9.44 Å². The molecule has 0 radical (unpaired) electrons. The number of benzene rings is 1. The van der Waals surface area contributed by atoms with Gasteiger partial charge in [0.2, 0.25) is 20.0 Å². The fourth-order valence-electron chi connectivity index (χ4n) is 2.01. The van der Waals surface area contributed by atoms with Gasteiger partial charge in [-0.25, -0.2) is 21.6 Å². The Hall–Kier alpha value is -1.16. The first-order chi connectivity index (χ1) is 9.76. The zero-order valence-electron chi connectivity index (χ0n) is 11.6. The normalized spacial score (nSPS) is 19.6. The van der Waals surface area contributed by atoms with Crippen molar-refractivity contribution < 1.29 is 21.6 Å². The van der Waals surface area contributed by atoms with Crippen LogP contribution in [0.3, 0.4) is 0 Å². The molecule has 9 heteroatoms. The maximum absolute atomic E-state index is 12.1. The van der Waals surface area contributed by atoms with Crippen molar-refractivity contribution in [2.75, 3.05) is 24.1 Å². The Kier molecular flexibility index (Phi) is 4.87. The molecule has 0 saturated carbocycles. The van der Waals surface area contributed by atoms with Crippen molar-refractivity contribution >= 4 is 25.7 Å². The number of anilines is 1. The summed E-state index contributed by atoms with van der Waals surface area (Å²) in [7, 11) is -6.99. The van der Waals surface area contributed by atoms with Crippen molar-refractivity contribution in [3.63, 3.8) is 0 Å². The summed E-state index contributed by atoms with van der Waals surface area (Å²) in [5.41, 5.74) is 0.315. The minimum Gasteiger partial charge on any atom is -0.377 e. The molecule has 1 aromatic carbocycles. The first kappa shape index (κ1) is 16.2. The minimum atomic E-state index is -3.62. The Morgan fingerprint density at radius 2 is 1.86 bits per heavy atom. The Bertz CT molecular complexity index is 677. The van der Waals surface area contributed by atoms with Crippen LogP contribution in [0, 0.1) is 0 Å². The highest BCUT2D eigenvalue weighted by Crippen LogP contribution is 2.16. The van der Waals surface area contributed by atoms with Crippen molar-refractivity contribution in [2.24, 2.45) is 0 Å². The average molecular weight is 334 g/mol. The van der Waals surface area contributed by atoms with E-state index in [1.54, 1.807) is 0 Å². The van der Waals surface area contributed by atoms with E-state index in [-0.39, 0.29) is 17.5 Å². The second-order valence-corrected chi connectivity index (χ2v) is 8.40. The second kappa shape index (κ2) is 6.30. The van der Waals surface area contributed by atoms with Crippen molar-refractivity contribution in [3.05, 3.63) is 24.3 Å². The van der Waals surface area contributed by atoms with Gasteiger partial charge in [-0.3, -0.25) is 4.72 Å². The third kappa shape index (κ3) is 4.95. The first-order valence-electron chi connectivity index (χ1n) is 6.45. The number of nitrogens with one attached hydrogen (secondary N) is 2.